The molecule has 3 nitrogen and oxygen atoms in total. The number of benzene rings is 1. The second-order valence-corrected chi connectivity index (χ2v) is 6.82. The van der Waals surface area contributed by atoms with Gasteiger partial charge in [0.1, 0.15) is 0 Å². The van der Waals surface area contributed by atoms with Crippen LogP contribution >= 0.6 is 15.9 Å². The molecule has 0 amide bonds. The van der Waals surface area contributed by atoms with E-state index in [9.17, 15) is 0 Å². The van der Waals surface area contributed by atoms with Crippen LogP contribution in [-0.2, 0) is 9.47 Å². The average Bonchev–Trinajstić information content (AvgIpc) is 2.90. The smallest absolute Gasteiger partial charge is 0.0940 e. The van der Waals surface area contributed by atoms with Crippen LogP contribution in [0, 0.1) is 5.92 Å². The van der Waals surface area contributed by atoms with Crippen LogP contribution in [0.3, 0.4) is 0 Å². The Morgan fingerprint density at radius 1 is 1.30 bits per heavy atom. The van der Waals surface area contributed by atoms with E-state index in [4.69, 9.17) is 9.47 Å². The minimum absolute atomic E-state index is 0.0205. The van der Waals surface area contributed by atoms with E-state index in [2.05, 4.69) is 52.6 Å². The van der Waals surface area contributed by atoms with Gasteiger partial charge in [-0.15, -0.1) is 0 Å². The van der Waals surface area contributed by atoms with Gasteiger partial charge in [-0.2, -0.15) is 0 Å². The van der Waals surface area contributed by atoms with Crippen molar-refractivity contribution in [1.82, 2.24) is 5.32 Å². The lowest BCUT2D eigenvalue weighted by Crippen LogP contribution is -2.43. The third kappa shape index (κ3) is 2.93. The van der Waals surface area contributed by atoms with Gasteiger partial charge in [0.2, 0.25) is 0 Å². The van der Waals surface area contributed by atoms with Crippen molar-refractivity contribution < 1.29 is 9.47 Å². The molecule has 3 rings (SSSR count). The lowest BCUT2D eigenvalue weighted by molar-refractivity contribution is -0.103. The molecular weight excluding hydrogens is 318 g/mol. The van der Waals surface area contributed by atoms with Crippen molar-refractivity contribution >= 4 is 15.9 Å². The molecule has 1 aromatic carbocycles. The first-order valence-electron chi connectivity index (χ1n) is 7.37. The first kappa shape index (κ1) is 14.5. The van der Waals surface area contributed by atoms with Crippen molar-refractivity contribution in [3.63, 3.8) is 0 Å². The van der Waals surface area contributed by atoms with Gasteiger partial charge in [0.15, 0.2) is 0 Å². The molecule has 2 aliphatic heterocycles. The van der Waals surface area contributed by atoms with Gasteiger partial charge in [-0.3, -0.25) is 0 Å². The lowest BCUT2D eigenvalue weighted by Gasteiger charge is -2.40. The van der Waals surface area contributed by atoms with E-state index in [0.29, 0.717) is 12.0 Å². The van der Waals surface area contributed by atoms with E-state index < -0.39 is 0 Å². The SMILES string of the molecule is CNC(c1ccc(Br)cc1)C1CCOC2(CCOC2)C1. The Balaban J connectivity index is 1.76. The van der Waals surface area contributed by atoms with E-state index in [1.54, 1.807) is 0 Å². The van der Waals surface area contributed by atoms with Gasteiger partial charge in [0.25, 0.3) is 0 Å². The van der Waals surface area contributed by atoms with Crippen LogP contribution in [0.4, 0.5) is 0 Å². The fourth-order valence-electron chi connectivity index (χ4n) is 3.56. The molecule has 1 aromatic rings. The Kier molecular flexibility index (Phi) is 4.46. The van der Waals surface area contributed by atoms with Crippen LogP contribution < -0.4 is 5.32 Å². The summed E-state index contributed by atoms with van der Waals surface area (Å²) in [5.74, 6) is 0.608. The van der Waals surface area contributed by atoms with Crippen LogP contribution in [0.5, 0.6) is 0 Å². The van der Waals surface area contributed by atoms with E-state index >= 15 is 0 Å². The quantitative estimate of drug-likeness (QED) is 0.916. The molecule has 4 heteroatoms. The summed E-state index contributed by atoms with van der Waals surface area (Å²) < 4.78 is 12.7. The highest BCUT2D eigenvalue weighted by Crippen LogP contribution is 2.40. The Morgan fingerprint density at radius 2 is 2.10 bits per heavy atom. The topological polar surface area (TPSA) is 30.5 Å². The fourth-order valence-corrected chi connectivity index (χ4v) is 3.82. The maximum atomic E-state index is 6.05. The molecule has 0 aromatic heterocycles. The van der Waals surface area contributed by atoms with E-state index in [1.165, 1.54) is 5.56 Å². The third-order valence-corrected chi connectivity index (χ3v) is 5.14. The highest BCUT2D eigenvalue weighted by Gasteiger charge is 2.42. The summed E-state index contributed by atoms with van der Waals surface area (Å²) in [7, 11) is 2.06. The van der Waals surface area contributed by atoms with Gasteiger partial charge in [-0.25, -0.2) is 0 Å². The first-order valence-corrected chi connectivity index (χ1v) is 8.16. The molecular formula is C16H22BrNO2. The minimum atomic E-state index is -0.0205. The summed E-state index contributed by atoms with van der Waals surface area (Å²) >= 11 is 3.50. The molecule has 20 heavy (non-hydrogen) atoms. The number of ether oxygens (including phenoxy) is 2. The molecule has 2 aliphatic rings. The number of hydrogen-bond donors (Lipinski definition) is 1. The van der Waals surface area contributed by atoms with Crippen LogP contribution in [0.15, 0.2) is 28.7 Å². The van der Waals surface area contributed by atoms with Crippen LogP contribution in [-0.4, -0.2) is 32.5 Å². The number of halogens is 1. The second kappa shape index (κ2) is 6.14. The average molecular weight is 340 g/mol. The number of nitrogens with one attached hydrogen (secondary N) is 1. The maximum absolute atomic E-state index is 6.05. The van der Waals surface area contributed by atoms with Gasteiger partial charge in [-0.1, -0.05) is 28.1 Å². The lowest BCUT2D eigenvalue weighted by atomic mass is 9.79. The van der Waals surface area contributed by atoms with Crippen LogP contribution in [0.25, 0.3) is 0 Å². The summed E-state index contributed by atoms with van der Waals surface area (Å²) in [6.07, 6.45) is 3.25. The first-order chi connectivity index (χ1) is 9.72. The molecule has 3 atom stereocenters. The van der Waals surface area contributed by atoms with Crippen LogP contribution in [0.2, 0.25) is 0 Å². The Bertz CT molecular complexity index is 442. The molecule has 1 spiro atoms. The molecule has 0 aliphatic carbocycles. The van der Waals surface area contributed by atoms with Crippen molar-refractivity contribution in [3.05, 3.63) is 34.3 Å². The zero-order valence-electron chi connectivity index (χ0n) is 11.9. The Hall–Kier alpha value is -0.420. The number of rotatable bonds is 3. The summed E-state index contributed by atoms with van der Waals surface area (Å²) in [6, 6.07) is 9.04. The molecule has 0 saturated carbocycles. The summed E-state index contributed by atoms with van der Waals surface area (Å²) in [6.45, 7) is 2.46. The van der Waals surface area contributed by atoms with Crippen molar-refractivity contribution in [3.8, 4) is 0 Å². The highest BCUT2D eigenvalue weighted by atomic mass is 79.9. The van der Waals surface area contributed by atoms with Crippen molar-refractivity contribution in [2.45, 2.75) is 30.9 Å². The Morgan fingerprint density at radius 3 is 2.75 bits per heavy atom. The Labute approximate surface area is 129 Å². The number of hydrogen-bond acceptors (Lipinski definition) is 3. The molecule has 0 bridgehead atoms. The molecule has 1 N–H and O–H groups in total. The minimum Gasteiger partial charge on any atom is -0.378 e. The van der Waals surface area contributed by atoms with E-state index in [1.807, 2.05) is 0 Å². The predicted octanol–water partition coefficient (Wildman–Crippen LogP) is 3.30. The van der Waals surface area contributed by atoms with Gasteiger partial charge in [-0.05, 0) is 43.5 Å². The zero-order chi connectivity index (χ0) is 14.0. The summed E-state index contributed by atoms with van der Waals surface area (Å²) in [5, 5.41) is 3.50. The summed E-state index contributed by atoms with van der Waals surface area (Å²) in [4.78, 5) is 0. The van der Waals surface area contributed by atoms with Crippen LogP contribution in [0.1, 0.15) is 30.9 Å². The highest BCUT2D eigenvalue weighted by molar-refractivity contribution is 9.10. The molecule has 2 fully saturated rings. The normalized spacial score (nSPS) is 31.6. The van der Waals surface area contributed by atoms with Gasteiger partial charge < -0.3 is 14.8 Å². The predicted molar refractivity (Wildman–Crippen MR) is 82.8 cm³/mol. The second-order valence-electron chi connectivity index (χ2n) is 5.90. The van der Waals surface area contributed by atoms with E-state index in [0.717, 1.165) is 43.6 Å². The van der Waals surface area contributed by atoms with Crippen molar-refractivity contribution in [2.75, 3.05) is 26.9 Å². The standard InChI is InChI=1S/C16H22BrNO2/c1-18-15(12-2-4-14(17)5-3-12)13-6-8-20-16(10-13)7-9-19-11-16/h2-5,13,15,18H,6-11H2,1H3. The van der Waals surface area contributed by atoms with Crippen molar-refractivity contribution in [1.29, 1.82) is 0 Å². The van der Waals surface area contributed by atoms with E-state index in [-0.39, 0.29) is 5.60 Å². The molecule has 110 valence electrons. The molecule has 0 radical (unpaired) electrons. The maximum Gasteiger partial charge on any atom is 0.0940 e. The monoisotopic (exact) mass is 339 g/mol. The van der Waals surface area contributed by atoms with Gasteiger partial charge >= 0.3 is 0 Å². The van der Waals surface area contributed by atoms with Crippen molar-refractivity contribution in [2.24, 2.45) is 5.92 Å². The zero-order valence-corrected chi connectivity index (χ0v) is 13.5. The molecule has 3 unspecified atom stereocenters. The molecule has 2 saturated heterocycles. The summed E-state index contributed by atoms with van der Waals surface area (Å²) in [5.41, 5.74) is 1.34. The van der Waals surface area contributed by atoms with Gasteiger partial charge in [0.05, 0.1) is 12.2 Å². The largest absolute Gasteiger partial charge is 0.378 e. The van der Waals surface area contributed by atoms with Gasteiger partial charge in [0, 0.05) is 30.1 Å². The fraction of sp³-hybridized carbons (Fsp3) is 0.625. The third-order valence-electron chi connectivity index (χ3n) is 4.61. The molecule has 2 heterocycles.